The number of carbonyl (C=O) groups is 1. The number of sulfone groups is 1. The van der Waals surface area contributed by atoms with Crippen LogP contribution in [0.15, 0.2) is 54.6 Å². The van der Waals surface area contributed by atoms with Crippen molar-refractivity contribution in [2.75, 3.05) is 12.0 Å². The number of halogens is 1. The van der Waals surface area contributed by atoms with Gasteiger partial charge in [0.15, 0.2) is 0 Å². The van der Waals surface area contributed by atoms with Crippen LogP contribution in [0.1, 0.15) is 68.0 Å². The summed E-state index contributed by atoms with van der Waals surface area (Å²) >= 11 is 0. The molecule has 0 aliphatic carbocycles. The van der Waals surface area contributed by atoms with Crippen molar-refractivity contribution < 1.29 is 17.6 Å². The first-order chi connectivity index (χ1) is 16.7. The van der Waals surface area contributed by atoms with Crippen molar-refractivity contribution >= 4 is 15.6 Å². The van der Waals surface area contributed by atoms with Gasteiger partial charge in [0.2, 0.25) is 0 Å². The van der Waals surface area contributed by atoms with Gasteiger partial charge in [0, 0.05) is 35.3 Å². The Hall–Kier alpha value is -2.86. The molecule has 0 spiro atoms. The molecule has 0 radical (unpaired) electrons. The average Bonchev–Trinajstić information content (AvgIpc) is 2.80. The maximum absolute atomic E-state index is 14.6. The van der Waals surface area contributed by atoms with E-state index in [2.05, 4.69) is 32.9 Å². The number of nitrogens with zero attached hydrogens (tertiary/aromatic N) is 1. The van der Waals surface area contributed by atoms with E-state index in [0.717, 1.165) is 34.3 Å². The number of hydrogen-bond acceptors (Lipinski definition) is 4. The number of hydrogen-bond donors (Lipinski definition) is 0. The van der Waals surface area contributed by atoms with E-state index >= 15 is 0 Å². The second kappa shape index (κ2) is 11.0. The fourth-order valence-electron chi connectivity index (χ4n) is 4.14. The van der Waals surface area contributed by atoms with Gasteiger partial charge in [0.25, 0.3) is 0 Å². The van der Waals surface area contributed by atoms with Gasteiger partial charge in [-0.15, -0.1) is 0 Å². The highest BCUT2D eigenvalue weighted by Crippen LogP contribution is 2.29. The minimum absolute atomic E-state index is 0.0216. The molecule has 1 atom stereocenters. The summed E-state index contributed by atoms with van der Waals surface area (Å²) in [7, 11) is -3.18. The van der Waals surface area contributed by atoms with Crippen molar-refractivity contribution in [3.63, 3.8) is 0 Å². The van der Waals surface area contributed by atoms with Gasteiger partial charge < -0.3 is 0 Å². The SMILES string of the molecule is Cc1cccc(-c2nc(C(C)(C)C)ccc2CCC(=O)C(C)c2ccc(CCS(C)(=O)=O)c(F)c2)c1. The number of benzene rings is 2. The third-order valence-corrected chi connectivity index (χ3v) is 7.43. The van der Waals surface area contributed by atoms with Crippen LogP contribution in [-0.2, 0) is 32.9 Å². The number of ketones is 1. The minimum Gasteiger partial charge on any atom is -0.299 e. The summed E-state index contributed by atoms with van der Waals surface area (Å²) in [6.07, 6.45) is 2.11. The molecule has 1 heterocycles. The van der Waals surface area contributed by atoms with Crippen LogP contribution in [-0.4, -0.2) is 31.2 Å². The van der Waals surface area contributed by atoms with Crippen molar-refractivity contribution in [2.45, 2.75) is 65.2 Å². The van der Waals surface area contributed by atoms with Crippen LogP contribution in [0.4, 0.5) is 4.39 Å². The second-order valence-electron chi connectivity index (χ2n) is 10.7. The third-order valence-electron chi connectivity index (χ3n) is 6.48. The van der Waals surface area contributed by atoms with Crippen LogP contribution in [0.3, 0.4) is 0 Å². The molecule has 0 fully saturated rings. The van der Waals surface area contributed by atoms with Crippen LogP contribution >= 0.6 is 0 Å². The van der Waals surface area contributed by atoms with E-state index in [0.29, 0.717) is 24.0 Å². The van der Waals surface area contributed by atoms with Crippen LogP contribution in [0.25, 0.3) is 11.3 Å². The molecule has 0 amide bonds. The fourth-order valence-corrected chi connectivity index (χ4v) is 4.73. The molecular weight excluding hydrogens is 473 g/mol. The molecule has 192 valence electrons. The lowest BCUT2D eigenvalue weighted by Crippen LogP contribution is -2.15. The van der Waals surface area contributed by atoms with Gasteiger partial charge in [-0.1, -0.05) is 69.7 Å². The first kappa shape index (κ1) is 27.7. The topological polar surface area (TPSA) is 64.1 Å². The molecule has 0 bridgehead atoms. The van der Waals surface area contributed by atoms with Gasteiger partial charge in [-0.25, -0.2) is 12.8 Å². The quantitative estimate of drug-likeness (QED) is 0.335. The number of rotatable bonds is 9. The van der Waals surface area contributed by atoms with E-state index in [-0.39, 0.29) is 23.4 Å². The Balaban J connectivity index is 1.78. The van der Waals surface area contributed by atoms with Crippen molar-refractivity contribution in [3.8, 4) is 11.3 Å². The first-order valence-electron chi connectivity index (χ1n) is 12.3. The molecule has 2 aromatic carbocycles. The van der Waals surface area contributed by atoms with Crippen LogP contribution < -0.4 is 0 Å². The third kappa shape index (κ3) is 7.33. The fraction of sp³-hybridized carbons (Fsp3) is 0.400. The number of Topliss-reactive ketones (excluding diaryl/α,β-unsaturated/α-hetero) is 1. The highest BCUT2D eigenvalue weighted by atomic mass is 32.2. The number of aryl methyl sites for hydroxylation is 3. The Bertz CT molecular complexity index is 1360. The predicted molar refractivity (Wildman–Crippen MR) is 145 cm³/mol. The summed E-state index contributed by atoms with van der Waals surface area (Å²) in [4.78, 5) is 18.1. The zero-order valence-corrected chi connectivity index (χ0v) is 22.9. The Morgan fingerprint density at radius 2 is 1.69 bits per heavy atom. The van der Waals surface area contributed by atoms with Gasteiger partial charge >= 0.3 is 0 Å². The molecule has 0 aliphatic heterocycles. The van der Waals surface area contributed by atoms with E-state index in [1.807, 2.05) is 31.2 Å². The molecule has 1 aromatic heterocycles. The smallest absolute Gasteiger partial charge is 0.147 e. The molecule has 0 saturated carbocycles. The molecule has 36 heavy (non-hydrogen) atoms. The van der Waals surface area contributed by atoms with Gasteiger partial charge in [0.1, 0.15) is 21.4 Å². The second-order valence-corrected chi connectivity index (χ2v) is 13.0. The molecule has 0 saturated heterocycles. The minimum atomic E-state index is -3.18. The Morgan fingerprint density at radius 1 is 1.00 bits per heavy atom. The maximum atomic E-state index is 14.6. The number of carbonyl (C=O) groups excluding carboxylic acids is 1. The predicted octanol–water partition coefficient (Wildman–Crippen LogP) is 6.39. The lowest BCUT2D eigenvalue weighted by Gasteiger charge is -2.20. The van der Waals surface area contributed by atoms with Crippen LogP contribution in [0.2, 0.25) is 0 Å². The average molecular weight is 510 g/mol. The van der Waals surface area contributed by atoms with Crippen LogP contribution in [0, 0.1) is 12.7 Å². The molecule has 0 aliphatic rings. The van der Waals surface area contributed by atoms with Crippen molar-refractivity contribution in [1.82, 2.24) is 4.98 Å². The standard InChI is InChI=1S/C30H36FNO3S/c1-20-8-7-9-25(18-20)29-23(13-15-28(32-29)30(3,4)5)12-14-27(33)21(2)24-11-10-22(26(31)19-24)16-17-36(6,34)35/h7-11,13,15,18-19,21H,12,14,16-17H2,1-6H3. The highest BCUT2D eigenvalue weighted by molar-refractivity contribution is 7.90. The first-order valence-corrected chi connectivity index (χ1v) is 14.4. The Labute approximate surface area is 214 Å². The summed E-state index contributed by atoms with van der Waals surface area (Å²) in [6, 6.07) is 17.0. The number of pyridine rings is 1. The normalized spacial score (nSPS) is 13.0. The summed E-state index contributed by atoms with van der Waals surface area (Å²) in [6.45, 7) is 10.2. The molecule has 6 heteroatoms. The molecule has 3 aromatic rings. The Morgan fingerprint density at radius 3 is 2.31 bits per heavy atom. The molecule has 1 unspecified atom stereocenters. The molecule has 4 nitrogen and oxygen atoms in total. The number of aromatic nitrogens is 1. The summed E-state index contributed by atoms with van der Waals surface area (Å²) in [5, 5.41) is 0. The van der Waals surface area contributed by atoms with Gasteiger partial charge in [-0.2, -0.15) is 0 Å². The molecule has 3 rings (SSSR count). The van der Waals surface area contributed by atoms with Gasteiger partial charge in [-0.3, -0.25) is 9.78 Å². The zero-order chi connectivity index (χ0) is 26.7. The Kier molecular flexibility index (Phi) is 8.50. The maximum Gasteiger partial charge on any atom is 0.147 e. The lowest BCUT2D eigenvalue weighted by atomic mass is 9.88. The van der Waals surface area contributed by atoms with E-state index in [1.54, 1.807) is 19.1 Å². The summed E-state index contributed by atoms with van der Waals surface area (Å²) in [5.74, 6) is -1.02. The lowest BCUT2D eigenvalue weighted by molar-refractivity contribution is -0.120. The van der Waals surface area contributed by atoms with Crippen molar-refractivity contribution in [2.24, 2.45) is 0 Å². The zero-order valence-electron chi connectivity index (χ0n) is 22.1. The molecule has 0 N–H and O–H groups in total. The van der Waals surface area contributed by atoms with E-state index in [4.69, 9.17) is 4.98 Å². The highest BCUT2D eigenvalue weighted by Gasteiger charge is 2.21. The molecular formula is C30H36FNO3S. The van der Waals surface area contributed by atoms with Crippen molar-refractivity contribution in [3.05, 3.63) is 88.4 Å². The largest absolute Gasteiger partial charge is 0.299 e. The van der Waals surface area contributed by atoms with Crippen molar-refractivity contribution in [1.29, 1.82) is 0 Å². The van der Waals surface area contributed by atoms with E-state index in [1.165, 1.54) is 6.07 Å². The monoisotopic (exact) mass is 509 g/mol. The van der Waals surface area contributed by atoms with E-state index in [9.17, 15) is 17.6 Å². The van der Waals surface area contributed by atoms with Crippen LogP contribution in [0.5, 0.6) is 0 Å². The summed E-state index contributed by atoms with van der Waals surface area (Å²) in [5.41, 5.74) is 5.92. The van der Waals surface area contributed by atoms with Gasteiger partial charge in [-0.05, 0) is 54.7 Å². The van der Waals surface area contributed by atoms with E-state index < -0.39 is 21.6 Å². The summed E-state index contributed by atoms with van der Waals surface area (Å²) < 4.78 is 37.4. The van der Waals surface area contributed by atoms with Gasteiger partial charge in [0.05, 0.1) is 11.4 Å².